The van der Waals surface area contributed by atoms with Crippen molar-refractivity contribution in [3.8, 4) is 0 Å². The van der Waals surface area contributed by atoms with Gasteiger partial charge in [-0.05, 0) is 19.4 Å². The molecule has 2 unspecified atom stereocenters. The molecule has 0 saturated heterocycles. The van der Waals surface area contributed by atoms with E-state index in [1.54, 1.807) is 20.8 Å². The number of nitrogens with two attached hydrogens (primary N) is 1. The van der Waals surface area contributed by atoms with Gasteiger partial charge in [0, 0.05) is 6.04 Å². The molecular formula is C15H22N2O3. The van der Waals surface area contributed by atoms with Crippen LogP contribution in [-0.2, 0) is 14.3 Å². The lowest BCUT2D eigenvalue weighted by molar-refractivity contribution is -0.149. The molecule has 1 amide bonds. The van der Waals surface area contributed by atoms with Crippen molar-refractivity contribution in [2.45, 2.75) is 32.4 Å². The smallest absolute Gasteiger partial charge is 0.330 e. The first kappa shape index (κ1) is 16.2. The van der Waals surface area contributed by atoms with Gasteiger partial charge in [-0.25, -0.2) is 4.79 Å². The van der Waals surface area contributed by atoms with E-state index >= 15 is 0 Å². The normalized spacial score (nSPS) is 14.2. The average Bonchev–Trinajstić information content (AvgIpc) is 2.45. The number of nitrogens with one attached hydrogen (secondary N) is 1. The molecule has 0 saturated carbocycles. The molecule has 0 bridgehead atoms. The fourth-order valence-corrected chi connectivity index (χ4v) is 1.86. The molecule has 0 aromatic heterocycles. The second-order valence-electron chi connectivity index (χ2n) is 5.33. The third kappa shape index (κ3) is 3.81. The number of ether oxygens (including phenoxy) is 1. The highest BCUT2D eigenvalue weighted by molar-refractivity contribution is 5.88. The van der Waals surface area contributed by atoms with Crippen LogP contribution in [0.25, 0.3) is 0 Å². The SMILES string of the molecule is COC(=O)C(C)(C)NC(=O)C(C)C(N)c1ccccc1. The molecule has 0 fully saturated rings. The van der Waals surface area contributed by atoms with Crippen molar-refractivity contribution >= 4 is 11.9 Å². The first-order chi connectivity index (χ1) is 9.29. The minimum Gasteiger partial charge on any atom is -0.467 e. The van der Waals surface area contributed by atoms with Crippen LogP contribution in [0.3, 0.4) is 0 Å². The fraction of sp³-hybridized carbons (Fsp3) is 0.467. The predicted molar refractivity (Wildman–Crippen MR) is 76.8 cm³/mol. The number of benzene rings is 1. The second-order valence-corrected chi connectivity index (χ2v) is 5.33. The lowest BCUT2D eigenvalue weighted by Crippen LogP contribution is -2.52. The minimum absolute atomic E-state index is 0.281. The van der Waals surface area contributed by atoms with E-state index in [9.17, 15) is 9.59 Å². The summed E-state index contributed by atoms with van der Waals surface area (Å²) in [6.07, 6.45) is 0. The van der Waals surface area contributed by atoms with Gasteiger partial charge < -0.3 is 15.8 Å². The van der Waals surface area contributed by atoms with Crippen molar-refractivity contribution in [3.63, 3.8) is 0 Å². The van der Waals surface area contributed by atoms with Gasteiger partial charge in [-0.1, -0.05) is 37.3 Å². The maximum Gasteiger partial charge on any atom is 0.330 e. The van der Waals surface area contributed by atoms with E-state index in [4.69, 9.17) is 5.73 Å². The van der Waals surface area contributed by atoms with E-state index in [1.165, 1.54) is 7.11 Å². The third-order valence-corrected chi connectivity index (χ3v) is 3.27. The molecule has 5 heteroatoms. The molecule has 0 aliphatic heterocycles. The zero-order valence-electron chi connectivity index (χ0n) is 12.3. The highest BCUT2D eigenvalue weighted by atomic mass is 16.5. The maximum atomic E-state index is 12.2. The summed E-state index contributed by atoms with van der Waals surface area (Å²) in [6, 6.07) is 8.96. The maximum absolute atomic E-state index is 12.2. The summed E-state index contributed by atoms with van der Waals surface area (Å²) >= 11 is 0. The number of rotatable bonds is 5. The van der Waals surface area contributed by atoms with Crippen molar-refractivity contribution in [3.05, 3.63) is 35.9 Å². The molecule has 1 aromatic rings. The van der Waals surface area contributed by atoms with Crippen LogP contribution in [0.4, 0.5) is 0 Å². The largest absolute Gasteiger partial charge is 0.467 e. The summed E-state index contributed by atoms with van der Waals surface area (Å²) in [6.45, 7) is 4.93. The predicted octanol–water partition coefficient (Wildman–Crippen LogP) is 1.39. The lowest BCUT2D eigenvalue weighted by Gasteiger charge is -2.27. The first-order valence-electron chi connectivity index (χ1n) is 6.50. The Balaban J connectivity index is 2.75. The van der Waals surface area contributed by atoms with Gasteiger partial charge in [0.2, 0.25) is 5.91 Å². The Morgan fingerprint density at radius 1 is 1.25 bits per heavy atom. The molecule has 0 heterocycles. The van der Waals surface area contributed by atoms with Gasteiger partial charge in [-0.3, -0.25) is 4.79 Å². The minimum atomic E-state index is -1.07. The molecule has 2 atom stereocenters. The molecular weight excluding hydrogens is 256 g/mol. The van der Waals surface area contributed by atoms with Crippen LogP contribution < -0.4 is 11.1 Å². The number of carbonyl (C=O) groups is 2. The first-order valence-corrected chi connectivity index (χ1v) is 6.50. The summed E-state index contributed by atoms with van der Waals surface area (Å²) in [4.78, 5) is 23.8. The summed E-state index contributed by atoms with van der Waals surface area (Å²) in [5, 5.41) is 2.66. The molecule has 0 aliphatic carbocycles. The van der Waals surface area contributed by atoms with E-state index in [0.717, 1.165) is 5.56 Å². The molecule has 3 N–H and O–H groups in total. The highest BCUT2D eigenvalue weighted by Gasteiger charge is 2.33. The molecule has 0 aliphatic rings. The quantitative estimate of drug-likeness (QED) is 0.797. The molecule has 0 spiro atoms. The summed E-state index contributed by atoms with van der Waals surface area (Å²) in [5.41, 5.74) is 5.90. The number of amides is 1. The Morgan fingerprint density at radius 2 is 1.80 bits per heavy atom. The van der Waals surface area contributed by atoms with Gasteiger partial charge in [-0.15, -0.1) is 0 Å². The number of hydrogen-bond donors (Lipinski definition) is 2. The molecule has 1 rings (SSSR count). The molecule has 1 aromatic carbocycles. The van der Waals surface area contributed by atoms with Gasteiger partial charge in [0.1, 0.15) is 5.54 Å². The van der Waals surface area contributed by atoms with Crippen LogP contribution in [0, 0.1) is 5.92 Å². The van der Waals surface area contributed by atoms with Gasteiger partial charge in [0.05, 0.1) is 13.0 Å². The van der Waals surface area contributed by atoms with Crippen molar-refractivity contribution in [1.82, 2.24) is 5.32 Å². The Morgan fingerprint density at radius 3 is 2.30 bits per heavy atom. The molecule has 5 nitrogen and oxygen atoms in total. The van der Waals surface area contributed by atoms with E-state index in [2.05, 4.69) is 10.1 Å². The van der Waals surface area contributed by atoms with Gasteiger partial charge >= 0.3 is 5.97 Å². The zero-order chi connectivity index (χ0) is 15.3. The Hall–Kier alpha value is -1.88. The van der Waals surface area contributed by atoms with E-state index in [0.29, 0.717) is 0 Å². The van der Waals surface area contributed by atoms with Crippen LogP contribution in [0.5, 0.6) is 0 Å². The Bertz CT molecular complexity index is 471. The van der Waals surface area contributed by atoms with Crippen molar-refractivity contribution in [1.29, 1.82) is 0 Å². The number of esters is 1. The van der Waals surface area contributed by atoms with Crippen molar-refractivity contribution < 1.29 is 14.3 Å². The van der Waals surface area contributed by atoms with Crippen LogP contribution >= 0.6 is 0 Å². The number of hydrogen-bond acceptors (Lipinski definition) is 4. The third-order valence-electron chi connectivity index (χ3n) is 3.27. The van der Waals surface area contributed by atoms with Crippen LogP contribution in [-0.4, -0.2) is 24.5 Å². The van der Waals surface area contributed by atoms with E-state index < -0.39 is 23.5 Å². The van der Waals surface area contributed by atoms with E-state index in [-0.39, 0.29) is 5.91 Å². The Labute approximate surface area is 119 Å². The summed E-state index contributed by atoms with van der Waals surface area (Å²) in [5.74, 6) is -1.23. The molecule has 20 heavy (non-hydrogen) atoms. The zero-order valence-corrected chi connectivity index (χ0v) is 12.3. The van der Waals surface area contributed by atoms with Crippen LogP contribution in [0.2, 0.25) is 0 Å². The van der Waals surface area contributed by atoms with Crippen LogP contribution in [0.1, 0.15) is 32.4 Å². The van der Waals surface area contributed by atoms with Crippen molar-refractivity contribution in [2.75, 3.05) is 7.11 Å². The number of carbonyl (C=O) groups excluding carboxylic acids is 2. The lowest BCUT2D eigenvalue weighted by atomic mass is 9.93. The fourth-order valence-electron chi connectivity index (χ4n) is 1.86. The summed E-state index contributed by atoms with van der Waals surface area (Å²) in [7, 11) is 1.29. The van der Waals surface area contributed by atoms with Gasteiger partial charge in [0.25, 0.3) is 0 Å². The van der Waals surface area contributed by atoms with Gasteiger partial charge in [-0.2, -0.15) is 0 Å². The van der Waals surface area contributed by atoms with Crippen LogP contribution in [0.15, 0.2) is 30.3 Å². The molecule has 110 valence electrons. The standard InChI is InChI=1S/C15H22N2O3/c1-10(12(16)11-8-6-5-7-9-11)13(18)17-15(2,3)14(19)20-4/h5-10,12H,16H2,1-4H3,(H,17,18). The highest BCUT2D eigenvalue weighted by Crippen LogP contribution is 2.20. The van der Waals surface area contributed by atoms with Crippen molar-refractivity contribution in [2.24, 2.45) is 11.7 Å². The second kappa shape index (κ2) is 6.52. The van der Waals surface area contributed by atoms with Gasteiger partial charge in [0.15, 0.2) is 0 Å². The number of methoxy groups -OCH3 is 1. The summed E-state index contributed by atoms with van der Waals surface area (Å²) < 4.78 is 4.66. The monoisotopic (exact) mass is 278 g/mol. The Kier molecular flexibility index (Phi) is 5.27. The van der Waals surface area contributed by atoms with E-state index in [1.807, 2.05) is 30.3 Å². The topological polar surface area (TPSA) is 81.4 Å². The average molecular weight is 278 g/mol. The molecule has 0 radical (unpaired) electrons.